The van der Waals surface area contributed by atoms with Crippen LogP contribution in [0.2, 0.25) is 0 Å². The van der Waals surface area contributed by atoms with Gasteiger partial charge >= 0.3 is 0 Å². The highest BCUT2D eigenvalue weighted by atomic mass is 16.1. The van der Waals surface area contributed by atoms with Crippen molar-refractivity contribution in [3.05, 3.63) is 35.4 Å². The Bertz CT molecular complexity index is 349. The van der Waals surface area contributed by atoms with Crippen LogP contribution >= 0.6 is 0 Å². The summed E-state index contributed by atoms with van der Waals surface area (Å²) < 4.78 is 0. The highest BCUT2D eigenvalue weighted by Gasteiger charge is 1.97. The molecule has 0 saturated heterocycles. The fourth-order valence-corrected chi connectivity index (χ4v) is 1.22. The van der Waals surface area contributed by atoms with Crippen LogP contribution in [0.4, 0.5) is 5.69 Å². The summed E-state index contributed by atoms with van der Waals surface area (Å²) in [6.45, 7) is 1.97. The molecule has 1 rings (SSSR count). The first-order valence-corrected chi connectivity index (χ1v) is 4.41. The second-order valence-corrected chi connectivity index (χ2v) is 3.15. The van der Waals surface area contributed by atoms with Crippen LogP contribution in [0.3, 0.4) is 0 Å². The van der Waals surface area contributed by atoms with Crippen LogP contribution in [-0.2, 0) is 4.79 Å². The number of carbonyl (C=O) groups excluding carboxylic acids is 1. The Balaban J connectivity index is 2.85. The summed E-state index contributed by atoms with van der Waals surface area (Å²) in [4.78, 5) is 10.5. The smallest absolute Gasteiger partial charge is 0.221 e. The monoisotopic (exact) mass is 190 g/mol. The molecule has 0 aromatic heterocycles. The first-order valence-electron chi connectivity index (χ1n) is 4.41. The summed E-state index contributed by atoms with van der Waals surface area (Å²) in [5.41, 5.74) is 13.5. The molecule has 0 aliphatic rings. The molecule has 0 aliphatic carbocycles. The van der Waals surface area contributed by atoms with Crippen molar-refractivity contribution < 1.29 is 4.79 Å². The van der Waals surface area contributed by atoms with E-state index < -0.39 is 0 Å². The molecule has 14 heavy (non-hydrogen) atoms. The second-order valence-electron chi connectivity index (χ2n) is 3.15. The van der Waals surface area contributed by atoms with Crippen LogP contribution < -0.4 is 11.5 Å². The highest BCUT2D eigenvalue weighted by Crippen LogP contribution is 2.17. The van der Waals surface area contributed by atoms with Crippen LogP contribution in [-0.4, -0.2) is 5.91 Å². The van der Waals surface area contributed by atoms with Gasteiger partial charge in [-0.1, -0.05) is 24.3 Å². The van der Waals surface area contributed by atoms with Gasteiger partial charge < -0.3 is 11.5 Å². The van der Waals surface area contributed by atoms with E-state index in [0.29, 0.717) is 5.69 Å². The van der Waals surface area contributed by atoms with Gasteiger partial charge in [0.2, 0.25) is 5.91 Å². The number of nitrogen functional groups attached to an aromatic ring is 1. The van der Waals surface area contributed by atoms with Crippen LogP contribution in [0, 0.1) is 6.92 Å². The third-order valence-corrected chi connectivity index (χ3v) is 1.96. The Morgan fingerprint density at radius 2 is 2.21 bits per heavy atom. The van der Waals surface area contributed by atoms with Crippen molar-refractivity contribution in [1.82, 2.24) is 0 Å². The first-order chi connectivity index (χ1) is 6.61. The van der Waals surface area contributed by atoms with Gasteiger partial charge in [0.1, 0.15) is 0 Å². The number of rotatable bonds is 3. The van der Waals surface area contributed by atoms with Crippen LogP contribution in [0.15, 0.2) is 24.3 Å². The van der Waals surface area contributed by atoms with Crippen molar-refractivity contribution in [2.24, 2.45) is 5.73 Å². The summed E-state index contributed by atoms with van der Waals surface area (Å²) in [5, 5.41) is 0. The summed E-state index contributed by atoms with van der Waals surface area (Å²) in [6, 6.07) is 5.70. The van der Waals surface area contributed by atoms with Crippen molar-refractivity contribution >= 4 is 17.7 Å². The van der Waals surface area contributed by atoms with E-state index in [1.165, 1.54) is 0 Å². The Hall–Kier alpha value is -1.77. The van der Waals surface area contributed by atoms with E-state index >= 15 is 0 Å². The fraction of sp³-hybridized carbons (Fsp3) is 0.182. The van der Waals surface area contributed by atoms with Crippen LogP contribution in [0.5, 0.6) is 0 Å². The lowest BCUT2D eigenvalue weighted by molar-refractivity contribution is -0.117. The number of anilines is 1. The number of hydrogen-bond donors (Lipinski definition) is 2. The van der Waals surface area contributed by atoms with Gasteiger partial charge in [-0.05, 0) is 24.1 Å². The summed E-state index contributed by atoms with van der Waals surface area (Å²) in [7, 11) is 0. The molecule has 0 unspecified atom stereocenters. The van der Waals surface area contributed by atoms with Gasteiger partial charge in [0.25, 0.3) is 0 Å². The predicted molar refractivity (Wildman–Crippen MR) is 58.4 cm³/mol. The summed E-state index contributed by atoms with van der Waals surface area (Å²) in [5.74, 6) is -0.339. The van der Waals surface area contributed by atoms with E-state index in [1.54, 1.807) is 6.08 Å². The summed E-state index contributed by atoms with van der Waals surface area (Å²) >= 11 is 0. The third kappa shape index (κ3) is 2.62. The predicted octanol–water partition coefficient (Wildman–Crippen LogP) is 1.47. The zero-order valence-electron chi connectivity index (χ0n) is 8.16. The van der Waals surface area contributed by atoms with Crippen molar-refractivity contribution in [2.75, 3.05) is 5.73 Å². The molecule has 0 aliphatic heterocycles. The standard InChI is InChI=1S/C11H14N2O/c1-8-4-2-6-10(12)9(8)5-3-7-11(13)14/h2-6H,7,12H2,1H3,(H2,13,14). The number of carbonyl (C=O) groups is 1. The molecule has 0 spiro atoms. The average molecular weight is 190 g/mol. The first kappa shape index (κ1) is 10.3. The quantitative estimate of drug-likeness (QED) is 0.708. The van der Waals surface area contributed by atoms with Crippen molar-refractivity contribution in [3.63, 3.8) is 0 Å². The molecule has 1 aromatic rings. The number of amides is 1. The molecule has 1 amide bonds. The zero-order chi connectivity index (χ0) is 10.6. The maximum atomic E-state index is 10.5. The maximum absolute atomic E-state index is 10.5. The van der Waals surface area contributed by atoms with Gasteiger partial charge in [0.05, 0.1) is 0 Å². The molecule has 0 bridgehead atoms. The normalized spacial score (nSPS) is 10.6. The van der Waals surface area contributed by atoms with E-state index in [0.717, 1.165) is 11.1 Å². The average Bonchev–Trinajstić information content (AvgIpc) is 2.09. The lowest BCUT2D eigenvalue weighted by Gasteiger charge is -2.03. The van der Waals surface area contributed by atoms with Gasteiger partial charge in [0, 0.05) is 12.1 Å². The number of primary amides is 1. The number of benzene rings is 1. The minimum Gasteiger partial charge on any atom is -0.398 e. The van der Waals surface area contributed by atoms with E-state index in [1.807, 2.05) is 31.2 Å². The maximum Gasteiger partial charge on any atom is 0.221 e. The molecule has 4 N–H and O–H groups in total. The summed E-state index contributed by atoms with van der Waals surface area (Å²) in [6.07, 6.45) is 3.80. The Morgan fingerprint density at radius 3 is 2.79 bits per heavy atom. The molecule has 0 atom stereocenters. The van der Waals surface area contributed by atoms with E-state index in [9.17, 15) is 4.79 Å². The highest BCUT2D eigenvalue weighted by molar-refractivity contribution is 5.77. The van der Waals surface area contributed by atoms with E-state index in [-0.39, 0.29) is 12.3 Å². The molecule has 1 aromatic carbocycles. The molecule has 74 valence electrons. The largest absolute Gasteiger partial charge is 0.398 e. The zero-order valence-corrected chi connectivity index (χ0v) is 8.16. The van der Waals surface area contributed by atoms with Crippen molar-refractivity contribution in [1.29, 1.82) is 0 Å². The molecule has 0 saturated carbocycles. The van der Waals surface area contributed by atoms with Crippen LogP contribution in [0.1, 0.15) is 17.5 Å². The molecular weight excluding hydrogens is 176 g/mol. The SMILES string of the molecule is Cc1cccc(N)c1C=CCC(N)=O. The minimum atomic E-state index is -0.339. The van der Waals surface area contributed by atoms with Crippen molar-refractivity contribution in [3.8, 4) is 0 Å². The number of hydrogen-bond acceptors (Lipinski definition) is 2. The third-order valence-electron chi connectivity index (χ3n) is 1.96. The lowest BCUT2D eigenvalue weighted by Crippen LogP contribution is -2.07. The molecular formula is C11H14N2O. The number of aryl methyl sites for hydroxylation is 1. The van der Waals surface area contributed by atoms with E-state index in [2.05, 4.69) is 0 Å². The van der Waals surface area contributed by atoms with Crippen LogP contribution in [0.25, 0.3) is 6.08 Å². The molecule has 3 heteroatoms. The van der Waals surface area contributed by atoms with Gasteiger partial charge in [-0.3, -0.25) is 4.79 Å². The fourth-order valence-electron chi connectivity index (χ4n) is 1.22. The molecule has 3 nitrogen and oxygen atoms in total. The van der Waals surface area contributed by atoms with Gasteiger partial charge in [-0.15, -0.1) is 0 Å². The Labute approximate surface area is 83.4 Å². The molecule has 0 heterocycles. The van der Waals surface area contributed by atoms with Gasteiger partial charge in [-0.25, -0.2) is 0 Å². The number of nitrogens with two attached hydrogens (primary N) is 2. The minimum absolute atomic E-state index is 0.244. The topological polar surface area (TPSA) is 69.1 Å². The lowest BCUT2D eigenvalue weighted by atomic mass is 10.1. The van der Waals surface area contributed by atoms with E-state index in [4.69, 9.17) is 11.5 Å². The van der Waals surface area contributed by atoms with Gasteiger partial charge in [0.15, 0.2) is 0 Å². The molecule has 0 fully saturated rings. The Morgan fingerprint density at radius 1 is 1.50 bits per heavy atom. The van der Waals surface area contributed by atoms with Gasteiger partial charge in [-0.2, -0.15) is 0 Å². The molecule has 0 radical (unpaired) electrons. The van der Waals surface area contributed by atoms with Crippen molar-refractivity contribution in [2.45, 2.75) is 13.3 Å². The Kier molecular flexibility index (Phi) is 3.29. The second kappa shape index (κ2) is 4.46.